The van der Waals surface area contributed by atoms with Gasteiger partial charge in [0.2, 0.25) is 0 Å². The molecule has 0 spiro atoms. The summed E-state index contributed by atoms with van der Waals surface area (Å²) in [7, 11) is 0. The molecule has 0 aromatic carbocycles. The van der Waals surface area contributed by atoms with E-state index >= 15 is 0 Å². The van der Waals surface area contributed by atoms with Gasteiger partial charge in [-0.05, 0) is 83.8 Å². The zero-order valence-corrected chi connectivity index (χ0v) is 14.4. The maximum Gasteiger partial charge on any atom is 0.0426 e. The van der Waals surface area contributed by atoms with Crippen molar-refractivity contribution in [1.29, 1.82) is 0 Å². The molecule has 0 aliphatic carbocycles. The van der Waals surface area contributed by atoms with E-state index in [-0.39, 0.29) is 0 Å². The number of aryl methyl sites for hydroxylation is 3. The summed E-state index contributed by atoms with van der Waals surface area (Å²) in [6.45, 7) is 14.7. The van der Waals surface area contributed by atoms with Gasteiger partial charge in [-0.1, -0.05) is 6.92 Å². The van der Waals surface area contributed by atoms with E-state index in [1.165, 1.54) is 55.7 Å². The molecular weight excluding hydrogens is 258 g/mol. The molecule has 1 fully saturated rings. The summed E-state index contributed by atoms with van der Waals surface area (Å²) in [4.78, 5) is 7.23. The van der Waals surface area contributed by atoms with E-state index in [0.29, 0.717) is 12.1 Å². The highest BCUT2D eigenvalue weighted by Gasteiger charge is 2.21. The number of nitrogens with one attached hydrogen (secondary N) is 1. The number of hydrogen-bond acceptors (Lipinski definition) is 3. The maximum absolute atomic E-state index is 4.64. The monoisotopic (exact) mass is 289 g/mol. The Morgan fingerprint density at radius 2 is 1.95 bits per heavy atom. The minimum atomic E-state index is 0.390. The van der Waals surface area contributed by atoms with Gasteiger partial charge in [0.15, 0.2) is 0 Å². The molecule has 1 unspecified atom stereocenters. The maximum atomic E-state index is 4.64. The average molecular weight is 289 g/mol. The zero-order chi connectivity index (χ0) is 15.4. The van der Waals surface area contributed by atoms with Crippen molar-refractivity contribution in [2.75, 3.05) is 19.6 Å². The second kappa shape index (κ2) is 7.37. The van der Waals surface area contributed by atoms with Gasteiger partial charge in [0.05, 0.1) is 0 Å². The lowest BCUT2D eigenvalue weighted by atomic mass is 9.97. The summed E-state index contributed by atoms with van der Waals surface area (Å²) < 4.78 is 0. The van der Waals surface area contributed by atoms with E-state index < -0.39 is 0 Å². The summed E-state index contributed by atoms with van der Waals surface area (Å²) in [5.74, 6) is 0. The number of pyridine rings is 1. The van der Waals surface area contributed by atoms with Crippen molar-refractivity contribution in [1.82, 2.24) is 15.2 Å². The van der Waals surface area contributed by atoms with Crippen LogP contribution < -0.4 is 5.32 Å². The number of hydrogen-bond donors (Lipinski definition) is 1. The number of nitrogens with zero attached hydrogens (tertiary/aromatic N) is 2. The zero-order valence-electron chi connectivity index (χ0n) is 14.4. The van der Waals surface area contributed by atoms with Crippen molar-refractivity contribution in [3.8, 4) is 0 Å². The van der Waals surface area contributed by atoms with Crippen molar-refractivity contribution in [2.24, 2.45) is 0 Å². The molecule has 3 nitrogen and oxygen atoms in total. The molecule has 118 valence electrons. The summed E-state index contributed by atoms with van der Waals surface area (Å²) in [6, 6.07) is 3.23. The van der Waals surface area contributed by atoms with Crippen LogP contribution in [0.4, 0.5) is 0 Å². The highest BCUT2D eigenvalue weighted by atomic mass is 15.1. The number of likely N-dealkylation sites (tertiary alicyclic amines) is 1. The Bertz CT molecular complexity index is 439. The van der Waals surface area contributed by atoms with Crippen LogP contribution in [-0.4, -0.2) is 35.6 Å². The van der Waals surface area contributed by atoms with Gasteiger partial charge < -0.3 is 10.2 Å². The fourth-order valence-corrected chi connectivity index (χ4v) is 3.76. The molecular formula is C18H31N3. The fourth-order valence-electron chi connectivity index (χ4n) is 3.76. The lowest BCUT2D eigenvalue weighted by Crippen LogP contribution is -2.43. The van der Waals surface area contributed by atoms with Crippen molar-refractivity contribution in [2.45, 2.75) is 66.0 Å². The minimum Gasteiger partial charge on any atom is -0.307 e. The molecule has 1 aliphatic rings. The molecule has 0 radical (unpaired) electrons. The summed E-state index contributed by atoms with van der Waals surface area (Å²) >= 11 is 0. The Labute approximate surface area is 130 Å². The van der Waals surface area contributed by atoms with Crippen LogP contribution in [0.2, 0.25) is 0 Å². The summed E-state index contributed by atoms with van der Waals surface area (Å²) in [5, 5.41) is 3.83. The van der Waals surface area contributed by atoms with Crippen molar-refractivity contribution in [3.63, 3.8) is 0 Å². The van der Waals surface area contributed by atoms with E-state index in [1.807, 2.05) is 0 Å². The smallest absolute Gasteiger partial charge is 0.0426 e. The van der Waals surface area contributed by atoms with Crippen molar-refractivity contribution < 1.29 is 0 Å². The first-order valence-corrected chi connectivity index (χ1v) is 8.44. The molecule has 1 aliphatic heterocycles. The van der Waals surface area contributed by atoms with Crippen LogP contribution >= 0.6 is 0 Å². The van der Waals surface area contributed by atoms with Gasteiger partial charge in [0, 0.05) is 23.5 Å². The molecule has 1 N–H and O–H groups in total. The highest BCUT2D eigenvalue weighted by molar-refractivity contribution is 5.33. The molecule has 2 heterocycles. The topological polar surface area (TPSA) is 28.2 Å². The van der Waals surface area contributed by atoms with E-state index in [0.717, 1.165) is 5.69 Å². The van der Waals surface area contributed by atoms with Gasteiger partial charge >= 0.3 is 0 Å². The van der Waals surface area contributed by atoms with Crippen LogP contribution in [0.1, 0.15) is 61.7 Å². The Kier molecular flexibility index (Phi) is 5.77. The molecule has 1 aromatic heterocycles. The molecule has 1 aromatic rings. The quantitative estimate of drug-likeness (QED) is 0.899. The van der Waals surface area contributed by atoms with Crippen molar-refractivity contribution in [3.05, 3.63) is 28.6 Å². The molecule has 0 amide bonds. The van der Waals surface area contributed by atoms with Gasteiger partial charge in [0.25, 0.3) is 0 Å². The normalized spacial score (nSPS) is 18.9. The Hall–Kier alpha value is -0.930. The van der Waals surface area contributed by atoms with Crippen LogP contribution in [0.3, 0.4) is 0 Å². The molecule has 0 saturated carbocycles. The largest absolute Gasteiger partial charge is 0.307 e. The molecule has 3 heteroatoms. The highest BCUT2D eigenvalue weighted by Crippen LogP contribution is 2.23. The SMILES string of the molecule is CCCN1CCC(NC(C)c2c(C)cc(C)nc2C)CC1. The van der Waals surface area contributed by atoms with Crippen LogP contribution in [0.15, 0.2) is 6.07 Å². The van der Waals surface area contributed by atoms with Crippen LogP contribution in [0.25, 0.3) is 0 Å². The lowest BCUT2D eigenvalue weighted by Gasteiger charge is -2.34. The third-order valence-corrected chi connectivity index (χ3v) is 4.63. The van der Waals surface area contributed by atoms with Crippen LogP contribution in [0, 0.1) is 20.8 Å². The number of rotatable bonds is 5. The van der Waals surface area contributed by atoms with E-state index in [9.17, 15) is 0 Å². The summed E-state index contributed by atoms with van der Waals surface area (Å²) in [5.41, 5.74) is 5.05. The van der Waals surface area contributed by atoms with Crippen molar-refractivity contribution >= 4 is 0 Å². The standard InChI is InChI=1S/C18H31N3/c1-6-9-21-10-7-17(8-11-21)20-16(5)18-13(2)12-14(3)19-15(18)4/h12,16-17,20H,6-11H2,1-5H3. The molecule has 21 heavy (non-hydrogen) atoms. The Balaban J connectivity index is 1.95. The van der Waals surface area contributed by atoms with Crippen LogP contribution in [-0.2, 0) is 0 Å². The van der Waals surface area contributed by atoms with Crippen LogP contribution in [0.5, 0.6) is 0 Å². The third kappa shape index (κ3) is 4.27. The first-order valence-electron chi connectivity index (χ1n) is 8.44. The third-order valence-electron chi connectivity index (χ3n) is 4.63. The molecule has 2 rings (SSSR count). The Morgan fingerprint density at radius 1 is 1.29 bits per heavy atom. The first-order chi connectivity index (χ1) is 10.0. The molecule has 0 bridgehead atoms. The molecule has 1 saturated heterocycles. The fraction of sp³-hybridized carbons (Fsp3) is 0.722. The number of aromatic nitrogens is 1. The minimum absolute atomic E-state index is 0.390. The number of piperidine rings is 1. The van der Waals surface area contributed by atoms with E-state index in [1.54, 1.807) is 0 Å². The predicted molar refractivity (Wildman–Crippen MR) is 89.8 cm³/mol. The van der Waals surface area contributed by atoms with E-state index in [2.05, 4.69) is 55.9 Å². The van der Waals surface area contributed by atoms with Gasteiger partial charge in [-0.25, -0.2) is 0 Å². The second-order valence-corrected chi connectivity index (χ2v) is 6.58. The first kappa shape index (κ1) is 16.4. The summed E-state index contributed by atoms with van der Waals surface area (Å²) in [6.07, 6.45) is 3.80. The second-order valence-electron chi connectivity index (χ2n) is 6.58. The lowest BCUT2D eigenvalue weighted by molar-refractivity contribution is 0.192. The molecule has 1 atom stereocenters. The average Bonchev–Trinajstić information content (AvgIpc) is 2.40. The van der Waals surface area contributed by atoms with Gasteiger partial charge in [-0.2, -0.15) is 0 Å². The van der Waals surface area contributed by atoms with Gasteiger partial charge in [0.1, 0.15) is 0 Å². The van der Waals surface area contributed by atoms with E-state index in [4.69, 9.17) is 0 Å². The predicted octanol–water partition coefficient (Wildman–Crippen LogP) is 3.53. The van der Waals surface area contributed by atoms with Gasteiger partial charge in [-0.3, -0.25) is 4.98 Å². The Morgan fingerprint density at radius 3 is 2.52 bits per heavy atom. The van der Waals surface area contributed by atoms with Gasteiger partial charge in [-0.15, -0.1) is 0 Å².